The predicted molar refractivity (Wildman–Crippen MR) is 65.3 cm³/mol. The van der Waals surface area contributed by atoms with Crippen LogP contribution in [0.5, 0.6) is 0 Å². The lowest BCUT2D eigenvalue weighted by atomic mass is 10.0. The fourth-order valence-electron chi connectivity index (χ4n) is 2.10. The molecular formula is C11H21NO4S. The van der Waals surface area contributed by atoms with Gasteiger partial charge in [-0.25, -0.2) is 8.42 Å². The maximum atomic E-state index is 11.6. The summed E-state index contributed by atoms with van der Waals surface area (Å²) < 4.78 is 22.5. The molecule has 0 bridgehead atoms. The first-order valence-electron chi connectivity index (χ1n) is 6.03. The van der Waals surface area contributed by atoms with E-state index < -0.39 is 9.84 Å². The minimum Gasteiger partial charge on any atom is -0.396 e. The zero-order valence-electron chi connectivity index (χ0n) is 10.2. The first kappa shape index (κ1) is 14.4. The van der Waals surface area contributed by atoms with E-state index >= 15 is 0 Å². The van der Waals surface area contributed by atoms with Crippen molar-refractivity contribution >= 4 is 15.7 Å². The van der Waals surface area contributed by atoms with E-state index in [1.165, 1.54) is 0 Å². The standard InChI is InChI=1S/C11H21NO4S/c1-9(3-2-5-13)12-11(14)7-10-4-6-17(15,16)8-10/h9-10,13H,2-8H2,1H3,(H,12,14). The molecule has 0 aromatic carbocycles. The van der Waals surface area contributed by atoms with Crippen molar-refractivity contribution in [2.24, 2.45) is 5.92 Å². The monoisotopic (exact) mass is 263 g/mol. The second-order valence-corrected chi connectivity index (χ2v) is 7.04. The molecule has 0 radical (unpaired) electrons. The third kappa shape index (κ3) is 5.50. The maximum Gasteiger partial charge on any atom is 0.220 e. The first-order valence-corrected chi connectivity index (χ1v) is 7.85. The number of hydrogen-bond donors (Lipinski definition) is 2. The van der Waals surface area contributed by atoms with Crippen LogP contribution in [-0.2, 0) is 14.6 Å². The van der Waals surface area contributed by atoms with Crippen LogP contribution in [0.2, 0.25) is 0 Å². The molecule has 100 valence electrons. The zero-order chi connectivity index (χ0) is 12.9. The Morgan fingerprint density at radius 3 is 2.76 bits per heavy atom. The number of carbonyl (C=O) groups excluding carboxylic acids is 1. The Hall–Kier alpha value is -0.620. The molecule has 2 unspecified atom stereocenters. The smallest absolute Gasteiger partial charge is 0.220 e. The molecule has 1 aliphatic heterocycles. The number of aliphatic hydroxyl groups excluding tert-OH is 1. The molecule has 1 aliphatic rings. The van der Waals surface area contributed by atoms with E-state index in [9.17, 15) is 13.2 Å². The minimum atomic E-state index is -2.90. The van der Waals surface area contributed by atoms with Gasteiger partial charge in [0.15, 0.2) is 9.84 Å². The molecule has 6 heteroatoms. The number of hydrogen-bond acceptors (Lipinski definition) is 4. The lowest BCUT2D eigenvalue weighted by Gasteiger charge is -2.14. The van der Waals surface area contributed by atoms with Gasteiger partial charge < -0.3 is 10.4 Å². The lowest BCUT2D eigenvalue weighted by molar-refractivity contribution is -0.122. The van der Waals surface area contributed by atoms with Crippen LogP contribution in [0.15, 0.2) is 0 Å². The maximum absolute atomic E-state index is 11.6. The lowest BCUT2D eigenvalue weighted by Crippen LogP contribution is -2.34. The van der Waals surface area contributed by atoms with E-state index in [2.05, 4.69) is 5.32 Å². The molecule has 0 aromatic rings. The van der Waals surface area contributed by atoms with E-state index in [0.717, 1.165) is 6.42 Å². The second kappa shape index (κ2) is 6.35. The molecule has 0 aromatic heterocycles. The van der Waals surface area contributed by atoms with Crippen LogP contribution in [-0.4, -0.2) is 43.6 Å². The third-order valence-electron chi connectivity index (χ3n) is 3.00. The van der Waals surface area contributed by atoms with Crippen LogP contribution in [0.3, 0.4) is 0 Å². The van der Waals surface area contributed by atoms with E-state index in [4.69, 9.17) is 5.11 Å². The van der Waals surface area contributed by atoms with Crippen LogP contribution in [0, 0.1) is 5.92 Å². The highest BCUT2D eigenvalue weighted by molar-refractivity contribution is 7.91. The number of aliphatic hydroxyl groups is 1. The van der Waals surface area contributed by atoms with Gasteiger partial charge in [-0.05, 0) is 32.1 Å². The van der Waals surface area contributed by atoms with Crippen molar-refractivity contribution < 1.29 is 18.3 Å². The van der Waals surface area contributed by atoms with Crippen molar-refractivity contribution in [1.82, 2.24) is 5.32 Å². The number of rotatable bonds is 6. The molecule has 1 fully saturated rings. The molecule has 0 spiro atoms. The molecule has 2 N–H and O–H groups in total. The van der Waals surface area contributed by atoms with Crippen molar-refractivity contribution in [1.29, 1.82) is 0 Å². The Morgan fingerprint density at radius 2 is 2.24 bits per heavy atom. The largest absolute Gasteiger partial charge is 0.396 e. The molecule has 1 rings (SSSR count). The van der Waals surface area contributed by atoms with Gasteiger partial charge in [0, 0.05) is 19.1 Å². The summed E-state index contributed by atoms with van der Waals surface area (Å²) in [6.45, 7) is 2.01. The summed E-state index contributed by atoms with van der Waals surface area (Å²) in [5.74, 6) is 0.249. The summed E-state index contributed by atoms with van der Waals surface area (Å²) >= 11 is 0. The molecule has 1 saturated heterocycles. The Bertz CT molecular complexity index is 352. The Labute approximate surface area is 103 Å². The Kier molecular flexibility index (Phi) is 5.39. The average molecular weight is 263 g/mol. The van der Waals surface area contributed by atoms with Crippen molar-refractivity contribution in [3.8, 4) is 0 Å². The van der Waals surface area contributed by atoms with Gasteiger partial charge >= 0.3 is 0 Å². The van der Waals surface area contributed by atoms with Crippen LogP contribution in [0.1, 0.15) is 32.6 Å². The van der Waals surface area contributed by atoms with E-state index in [-0.39, 0.29) is 36.0 Å². The number of nitrogens with one attached hydrogen (secondary N) is 1. The third-order valence-corrected chi connectivity index (χ3v) is 4.84. The predicted octanol–water partition coefficient (Wildman–Crippen LogP) is 0.0884. The minimum absolute atomic E-state index is 0.0231. The summed E-state index contributed by atoms with van der Waals surface area (Å²) in [6.07, 6.45) is 2.30. The molecule has 5 nitrogen and oxygen atoms in total. The normalized spacial score (nSPS) is 24.5. The van der Waals surface area contributed by atoms with Gasteiger partial charge in [-0.15, -0.1) is 0 Å². The quantitative estimate of drug-likeness (QED) is 0.711. The van der Waals surface area contributed by atoms with Crippen molar-refractivity contribution in [2.45, 2.75) is 38.6 Å². The molecule has 0 aliphatic carbocycles. The molecule has 1 heterocycles. The summed E-state index contributed by atoms with van der Waals surface area (Å²) in [6, 6.07) is 0.0349. The fraction of sp³-hybridized carbons (Fsp3) is 0.909. The van der Waals surface area contributed by atoms with E-state index in [0.29, 0.717) is 19.3 Å². The molecule has 17 heavy (non-hydrogen) atoms. The Balaban J connectivity index is 2.26. The van der Waals surface area contributed by atoms with Crippen molar-refractivity contribution in [2.75, 3.05) is 18.1 Å². The van der Waals surface area contributed by atoms with Gasteiger partial charge in [-0.3, -0.25) is 4.79 Å². The average Bonchev–Trinajstić information content (AvgIpc) is 2.54. The first-order chi connectivity index (χ1) is 7.93. The zero-order valence-corrected chi connectivity index (χ0v) is 11.0. The van der Waals surface area contributed by atoms with Gasteiger partial charge in [0.1, 0.15) is 0 Å². The molecule has 1 amide bonds. The highest BCUT2D eigenvalue weighted by atomic mass is 32.2. The van der Waals surface area contributed by atoms with Crippen LogP contribution in [0.4, 0.5) is 0 Å². The Morgan fingerprint density at radius 1 is 1.53 bits per heavy atom. The highest BCUT2D eigenvalue weighted by Gasteiger charge is 2.29. The molecular weight excluding hydrogens is 242 g/mol. The molecule has 2 atom stereocenters. The van der Waals surface area contributed by atoms with Crippen molar-refractivity contribution in [3.05, 3.63) is 0 Å². The van der Waals surface area contributed by atoms with E-state index in [1.54, 1.807) is 0 Å². The number of amides is 1. The number of carbonyl (C=O) groups is 1. The van der Waals surface area contributed by atoms with Crippen LogP contribution in [0.25, 0.3) is 0 Å². The molecule has 0 saturated carbocycles. The van der Waals surface area contributed by atoms with Gasteiger partial charge in [-0.1, -0.05) is 0 Å². The second-order valence-electron chi connectivity index (χ2n) is 4.81. The number of sulfone groups is 1. The fourth-order valence-corrected chi connectivity index (χ4v) is 3.96. The topological polar surface area (TPSA) is 83.5 Å². The van der Waals surface area contributed by atoms with Crippen molar-refractivity contribution in [3.63, 3.8) is 0 Å². The highest BCUT2D eigenvalue weighted by Crippen LogP contribution is 2.21. The summed E-state index contributed by atoms with van der Waals surface area (Å²) in [5.41, 5.74) is 0. The SMILES string of the molecule is CC(CCCO)NC(=O)CC1CCS(=O)(=O)C1. The van der Waals surface area contributed by atoms with Gasteiger partial charge in [0.25, 0.3) is 0 Å². The summed E-state index contributed by atoms with van der Waals surface area (Å²) in [7, 11) is -2.90. The van der Waals surface area contributed by atoms with Gasteiger partial charge in [0.05, 0.1) is 11.5 Å². The van der Waals surface area contributed by atoms with Gasteiger partial charge in [-0.2, -0.15) is 0 Å². The van der Waals surface area contributed by atoms with Crippen LogP contribution >= 0.6 is 0 Å². The summed E-state index contributed by atoms with van der Waals surface area (Å²) in [4.78, 5) is 11.6. The van der Waals surface area contributed by atoms with Gasteiger partial charge in [0.2, 0.25) is 5.91 Å². The van der Waals surface area contributed by atoms with E-state index in [1.807, 2.05) is 6.92 Å². The van der Waals surface area contributed by atoms with Crippen LogP contribution < -0.4 is 5.32 Å². The summed E-state index contributed by atoms with van der Waals surface area (Å²) in [5, 5.41) is 11.5.